The molecule has 0 aromatic heterocycles. The SMILES string of the molecule is CC(C)C1=C2C3CCC4C5(C)CCC(OC(=O)CC(C)(C)C(=O)O)C(C)(C)C5CCC4(C)C3(C)CCC2(CCNCc2cccc(Cl)c2)CC1=O. The lowest BCUT2D eigenvalue weighted by Crippen LogP contribution is -2.65. The molecule has 51 heavy (non-hydrogen) atoms. The van der Waals surface area contributed by atoms with Gasteiger partial charge in [0.05, 0.1) is 11.8 Å². The monoisotopic (exact) mass is 721 g/mol. The minimum absolute atomic E-state index is 0.0500. The molecule has 0 aliphatic heterocycles. The van der Waals surface area contributed by atoms with Crippen LogP contribution >= 0.6 is 11.6 Å². The van der Waals surface area contributed by atoms with Crippen LogP contribution in [0.15, 0.2) is 35.4 Å². The molecule has 1 aromatic rings. The number of nitrogens with one attached hydrogen (secondary N) is 1. The van der Waals surface area contributed by atoms with E-state index < -0.39 is 17.4 Å². The minimum Gasteiger partial charge on any atom is -0.481 e. The van der Waals surface area contributed by atoms with E-state index in [2.05, 4.69) is 59.8 Å². The molecule has 7 heteroatoms. The summed E-state index contributed by atoms with van der Waals surface area (Å²) in [6, 6.07) is 8.05. The topological polar surface area (TPSA) is 92.7 Å². The second-order valence-corrected chi connectivity index (χ2v) is 20.2. The van der Waals surface area contributed by atoms with Crippen molar-refractivity contribution in [2.24, 2.45) is 56.2 Å². The third-order valence-corrected chi connectivity index (χ3v) is 16.2. The van der Waals surface area contributed by atoms with Gasteiger partial charge in [0.2, 0.25) is 0 Å². The number of hydrogen-bond donors (Lipinski definition) is 2. The first-order chi connectivity index (χ1) is 23.7. The number of allylic oxidation sites excluding steroid dienone is 2. The van der Waals surface area contributed by atoms with Crippen molar-refractivity contribution >= 4 is 29.3 Å². The number of rotatable bonds is 10. The average molecular weight is 722 g/mol. The molecule has 6 nitrogen and oxygen atoms in total. The van der Waals surface area contributed by atoms with Crippen LogP contribution in [0.3, 0.4) is 0 Å². The van der Waals surface area contributed by atoms with E-state index in [-0.39, 0.29) is 45.5 Å². The van der Waals surface area contributed by atoms with Crippen molar-refractivity contribution in [1.82, 2.24) is 5.32 Å². The second kappa shape index (κ2) is 13.3. The van der Waals surface area contributed by atoms with Gasteiger partial charge in [0.25, 0.3) is 0 Å². The molecule has 0 heterocycles. The fourth-order valence-electron chi connectivity index (χ4n) is 13.1. The van der Waals surface area contributed by atoms with E-state index in [1.807, 2.05) is 18.2 Å². The molecule has 8 atom stereocenters. The molecule has 5 aliphatic rings. The number of ketones is 1. The normalized spacial score (nSPS) is 37.4. The summed E-state index contributed by atoms with van der Waals surface area (Å²) in [6.45, 7) is 21.7. The number of Topliss-reactive ketones (excluding diaryl/α,β-unsaturated/α-hetero) is 1. The summed E-state index contributed by atoms with van der Waals surface area (Å²) < 4.78 is 6.18. The van der Waals surface area contributed by atoms with Crippen molar-refractivity contribution in [3.05, 3.63) is 46.0 Å². The van der Waals surface area contributed by atoms with Crippen molar-refractivity contribution in [2.45, 2.75) is 146 Å². The Morgan fingerprint density at radius 1 is 0.980 bits per heavy atom. The van der Waals surface area contributed by atoms with Crippen molar-refractivity contribution in [2.75, 3.05) is 6.54 Å². The van der Waals surface area contributed by atoms with Crippen molar-refractivity contribution in [3.63, 3.8) is 0 Å². The van der Waals surface area contributed by atoms with E-state index >= 15 is 0 Å². The fraction of sp³-hybridized carbons (Fsp3) is 0.750. The zero-order chi connectivity index (χ0) is 37.4. The van der Waals surface area contributed by atoms with Crippen LogP contribution < -0.4 is 5.32 Å². The summed E-state index contributed by atoms with van der Waals surface area (Å²) in [5.41, 5.74) is 2.83. The summed E-state index contributed by atoms with van der Waals surface area (Å²) in [7, 11) is 0. The molecule has 2 N–H and O–H groups in total. The number of carboxylic acids is 1. The van der Waals surface area contributed by atoms with Crippen LogP contribution in [0.2, 0.25) is 5.02 Å². The van der Waals surface area contributed by atoms with Gasteiger partial charge in [-0.3, -0.25) is 14.4 Å². The zero-order valence-corrected chi connectivity index (χ0v) is 33.6. The van der Waals surface area contributed by atoms with E-state index in [0.29, 0.717) is 30.0 Å². The lowest BCUT2D eigenvalue weighted by molar-refractivity contribution is -0.233. The molecular formula is C44H64ClNO5. The van der Waals surface area contributed by atoms with Gasteiger partial charge in [-0.2, -0.15) is 0 Å². The Hall–Kier alpha value is -2.18. The fourth-order valence-corrected chi connectivity index (χ4v) is 13.3. The molecule has 4 fully saturated rings. The van der Waals surface area contributed by atoms with E-state index in [1.54, 1.807) is 13.8 Å². The molecule has 0 spiro atoms. The molecular weight excluding hydrogens is 658 g/mol. The summed E-state index contributed by atoms with van der Waals surface area (Å²) >= 11 is 6.26. The van der Waals surface area contributed by atoms with Gasteiger partial charge in [-0.25, -0.2) is 0 Å². The van der Waals surface area contributed by atoms with Crippen molar-refractivity contribution < 1.29 is 24.2 Å². The Labute approximate surface area is 312 Å². The number of aliphatic carboxylic acids is 1. The Morgan fingerprint density at radius 3 is 2.37 bits per heavy atom. The van der Waals surface area contributed by atoms with Gasteiger partial charge in [0.15, 0.2) is 5.78 Å². The molecule has 5 aliphatic carbocycles. The van der Waals surface area contributed by atoms with Gasteiger partial charge in [0.1, 0.15) is 6.10 Å². The maximum absolute atomic E-state index is 14.0. The third kappa shape index (κ3) is 6.24. The van der Waals surface area contributed by atoms with Crippen LogP contribution in [0.1, 0.15) is 139 Å². The first-order valence-electron chi connectivity index (χ1n) is 19.9. The number of carbonyl (C=O) groups excluding carboxylic acids is 2. The Bertz CT molecular complexity index is 1590. The number of carbonyl (C=O) groups is 3. The quantitative estimate of drug-likeness (QED) is 0.185. The van der Waals surface area contributed by atoms with E-state index in [1.165, 1.54) is 17.6 Å². The summed E-state index contributed by atoms with van der Waals surface area (Å²) in [4.78, 5) is 38.8. The lowest BCUT2D eigenvalue weighted by Gasteiger charge is -2.72. The number of esters is 1. The van der Waals surface area contributed by atoms with Crippen molar-refractivity contribution in [3.8, 4) is 0 Å². The highest BCUT2D eigenvalue weighted by Crippen LogP contribution is 2.77. The zero-order valence-electron chi connectivity index (χ0n) is 32.8. The highest BCUT2D eigenvalue weighted by atomic mass is 35.5. The summed E-state index contributed by atoms with van der Waals surface area (Å²) in [5.74, 6) is 0.635. The smallest absolute Gasteiger partial charge is 0.309 e. The van der Waals surface area contributed by atoms with Crippen LogP contribution in [-0.2, 0) is 25.7 Å². The summed E-state index contributed by atoms with van der Waals surface area (Å²) in [5, 5.41) is 14.1. The lowest BCUT2D eigenvalue weighted by atomic mass is 9.33. The van der Waals surface area contributed by atoms with E-state index in [9.17, 15) is 19.5 Å². The van der Waals surface area contributed by atoms with Gasteiger partial charge in [0, 0.05) is 28.8 Å². The van der Waals surface area contributed by atoms with Crippen LogP contribution in [0, 0.1) is 56.2 Å². The first kappa shape index (κ1) is 38.5. The molecule has 0 amide bonds. The van der Waals surface area contributed by atoms with Crippen LogP contribution in [0.25, 0.3) is 0 Å². The molecule has 4 saturated carbocycles. The maximum atomic E-state index is 14.0. The van der Waals surface area contributed by atoms with E-state index in [0.717, 1.165) is 75.1 Å². The van der Waals surface area contributed by atoms with Gasteiger partial charge in [-0.1, -0.05) is 77.8 Å². The van der Waals surface area contributed by atoms with Gasteiger partial charge < -0.3 is 15.2 Å². The Kier molecular flexibility index (Phi) is 10.0. The largest absolute Gasteiger partial charge is 0.481 e. The van der Waals surface area contributed by atoms with E-state index in [4.69, 9.17) is 16.3 Å². The number of ether oxygens (including phenoxy) is 1. The second-order valence-electron chi connectivity index (χ2n) is 19.7. The predicted molar refractivity (Wildman–Crippen MR) is 203 cm³/mol. The minimum atomic E-state index is -1.15. The van der Waals surface area contributed by atoms with Crippen LogP contribution in [-0.4, -0.2) is 35.5 Å². The molecule has 0 bridgehead atoms. The van der Waals surface area contributed by atoms with Gasteiger partial charge in [-0.05, 0) is 141 Å². The third-order valence-electron chi connectivity index (χ3n) is 16.0. The van der Waals surface area contributed by atoms with Crippen LogP contribution in [0.4, 0.5) is 0 Å². The number of fused-ring (bicyclic) bond motifs is 7. The first-order valence-corrected chi connectivity index (χ1v) is 20.3. The number of hydrogen-bond acceptors (Lipinski definition) is 5. The maximum Gasteiger partial charge on any atom is 0.309 e. The standard InChI is InChI=1S/C44H64ClNO5/c1-27(2)36-31(47)24-44(21-22-46-26-28-11-10-12-29(45)23-28)20-19-42(8)30(37(36)44)13-14-33-41(7)17-16-34(51-35(48)25-39(3,4)38(49)50)40(5,6)32(41)15-18-43(33,42)9/h10-12,23,27,30,32-34,46H,13-22,24-26H2,1-9H3,(H,49,50). The van der Waals surface area contributed by atoms with Crippen molar-refractivity contribution in [1.29, 1.82) is 0 Å². The number of benzene rings is 1. The molecule has 282 valence electrons. The molecule has 0 radical (unpaired) electrons. The van der Waals surface area contributed by atoms with Gasteiger partial charge in [-0.15, -0.1) is 0 Å². The predicted octanol–water partition coefficient (Wildman–Crippen LogP) is 10.2. The molecule has 1 aromatic carbocycles. The number of halogens is 1. The van der Waals surface area contributed by atoms with Gasteiger partial charge >= 0.3 is 11.9 Å². The molecule has 0 saturated heterocycles. The summed E-state index contributed by atoms with van der Waals surface area (Å²) in [6.07, 6.45) is 9.95. The number of carboxylic acid groups (broad SMARTS) is 1. The Morgan fingerprint density at radius 2 is 1.71 bits per heavy atom. The Balaban J connectivity index is 1.24. The highest BCUT2D eigenvalue weighted by Gasteiger charge is 2.70. The highest BCUT2D eigenvalue weighted by molar-refractivity contribution is 6.30. The molecule has 8 unspecified atom stereocenters. The molecule has 6 rings (SSSR count). The average Bonchev–Trinajstić information content (AvgIpc) is 3.33. The van der Waals surface area contributed by atoms with Crippen LogP contribution in [0.5, 0.6) is 0 Å².